The summed E-state index contributed by atoms with van der Waals surface area (Å²) in [5.41, 5.74) is 4.13. The average Bonchev–Trinajstić information content (AvgIpc) is 2.86. The van der Waals surface area contributed by atoms with Gasteiger partial charge in [0.25, 0.3) is 0 Å². The third-order valence-electron chi connectivity index (χ3n) is 2.92. The molecule has 0 spiro atoms. The van der Waals surface area contributed by atoms with Crippen molar-refractivity contribution >= 4 is 11.0 Å². The van der Waals surface area contributed by atoms with Gasteiger partial charge in [0.1, 0.15) is 5.58 Å². The predicted molar refractivity (Wildman–Crippen MR) is 67.6 cm³/mol. The molecule has 0 saturated heterocycles. The highest BCUT2D eigenvalue weighted by Crippen LogP contribution is 2.25. The molecule has 0 aliphatic carbocycles. The van der Waals surface area contributed by atoms with Crippen molar-refractivity contribution in [2.75, 3.05) is 0 Å². The lowest BCUT2D eigenvalue weighted by atomic mass is 10.0. The first kappa shape index (κ1) is 10.1. The van der Waals surface area contributed by atoms with Gasteiger partial charge >= 0.3 is 0 Å². The lowest BCUT2D eigenvalue weighted by molar-refractivity contribution is 0.282. The van der Waals surface area contributed by atoms with Crippen molar-refractivity contribution in [3.05, 3.63) is 60.4 Å². The zero-order valence-corrected chi connectivity index (χ0v) is 9.26. The van der Waals surface area contributed by atoms with Crippen LogP contribution in [-0.2, 0) is 6.61 Å². The van der Waals surface area contributed by atoms with Gasteiger partial charge in [-0.25, -0.2) is 0 Å². The minimum atomic E-state index is 0.0844. The fourth-order valence-corrected chi connectivity index (χ4v) is 1.95. The molecular formula is C15H12O2. The Morgan fingerprint density at radius 1 is 0.882 bits per heavy atom. The van der Waals surface area contributed by atoms with E-state index in [0.717, 1.165) is 27.7 Å². The van der Waals surface area contributed by atoms with Crippen LogP contribution in [0.3, 0.4) is 0 Å². The van der Waals surface area contributed by atoms with Gasteiger partial charge in [-0.3, -0.25) is 0 Å². The zero-order valence-electron chi connectivity index (χ0n) is 9.26. The van der Waals surface area contributed by atoms with Crippen molar-refractivity contribution in [2.45, 2.75) is 6.61 Å². The molecule has 17 heavy (non-hydrogen) atoms. The van der Waals surface area contributed by atoms with Crippen LogP contribution in [0, 0.1) is 0 Å². The number of hydrogen-bond acceptors (Lipinski definition) is 2. The van der Waals surface area contributed by atoms with E-state index in [1.165, 1.54) is 0 Å². The molecule has 0 radical (unpaired) electrons. The summed E-state index contributed by atoms with van der Waals surface area (Å²) < 4.78 is 5.31. The second-order valence-corrected chi connectivity index (χ2v) is 4.03. The van der Waals surface area contributed by atoms with E-state index in [-0.39, 0.29) is 6.61 Å². The topological polar surface area (TPSA) is 33.4 Å². The summed E-state index contributed by atoms with van der Waals surface area (Å²) in [6.45, 7) is 0.0844. The highest BCUT2D eigenvalue weighted by atomic mass is 16.3. The Balaban J connectivity index is 2.06. The van der Waals surface area contributed by atoms with E-state index >= 15 is 0 Å². The predicted octanol–water partition coefficient (Wildman–Crippen LogP) is 3.59. The number of fused-ring (bicyclic) bond motifs is 1. The van der Waals surface area contributed by atoms with Gasteiger partial charge in [0, 0.05) is 5.39 Å². The summed E-state index contributed by atoms with van der Waals surface area (Å²) in [6, 6.07) is 16.0. The standard InChI is InChI=1S/C15H12O2/c16-10-11-1-3-12(4-2-11)13-5-6-15-14(9-13)7-8-17-15/h1-9,16H,10H2. The SMILES string of the molecule is OCc1ccc(-c2ccc3occc3c2)cc1. The van der Waals surface area contributed by atoms with Gasteiger partial charge in [-0.15, -0.1) is 0 Å². The van der Waals surface area contributed by atoms with Gasteiger partial charge in [0.05, 0.1) is 12.9 Å². The second kappa shape index (κ2) is 4.07. The smallest absolute Gasteiger partial charge is 0.133 e. The van der Waals surface area contributed by atoms with Crippen molar-refractivity contribution < 1.29 is 9.52 Å². The maximum absolute atomic E-state index is 9.00. The molecule has 3 aromatic rings. The van der Waals surface area contributed by atoms with Crippen molar-refractivity contribution in [3.8, 4) is 11.1 Å². The molecule has 0 bridgehead atoms. The Hall–Kier alpha value is -2.06. The molecule has 2 aromatic carbocycles. The maximum Gasteiger partial charge on any atom is 0.133 e. The molecule has 0 amide bonds. The third-order valence-corrected chi connectivity index (χ3v) is 2.92. The quantitative estimate of drug-likeness (QED) is 0.721. The largest absolute Gasteiger partial charge is 0.464 e. The fraction of sp³-hybridized carbons (Fsp3) is 0.0667. The number of benzene rings is 2. The summed E-state index contributed by atoms with van der Waals surface area (Å²) >= 11 is 0. The van der Waals surface area contributed by atoms with Crippen LogP contribution in [0.25, 0.3) is 22.1 Å². The molecule has 0 fully saturated rings. The molecule has 1 aromatic heterocycles. The van der Waals surface area contributed by atoms with Crippen LogP contribution in [0.4, 0.5) is 0 Å². The zero-order chi connectivity index (χ0) is 11.7. The summed E-state index contributed by atoms with van der Waals surface area (Å²) in [6.07, 6.45) is 1.70. The minimum Gasteiger partial charge on any atom is -0.464 e. The van der Waals surface area contributed by atoms with E-state index in [1.807, 2.05) is 42.5 Å². The highest BCUT2D eigenvalue weighted by Gasteiger charge is 2.01. The number of aliphatic hydroxyl groups excluding tert-OH is 1. The van der Waals surface area contributed by atoms with Gasteiger partial charge in [-0.05, 0) is 34.9 Å². The molecule has 3 rings (SSSR count). The monoisotopic (exact) mass is 224 g/mol. The van der Waals surface area contributed by atoms with Crippen LogP contribution in [0.5, 0.6) is 0 Å². The molecule has 2 nitrogen and oxygen atoms in total. The molecule has 84 valence electrons. The maximum atomic E-state index is 9.00. The van der Waals surface area contributed by atoms with Crippen LogP contribution in [0.2, 0.25) is 0 Å². The summed E-state index contributed by atoms with van der Waals surface area (Å²) in [7, 11) is 0. The Morgan fingerprint density at radius 2 is 1.65 bits per heavy atom. The Bertz CT molecular complexity index is 635. The van der Waals surface area contributed by atoms with Crippen LogP contribution >= 0.6 is 0 Å². The first-order valence-corrected chi connectivity index (χ1v) is 5.54. The van der Waals surface area contributed by atoms with Gasteiger partial charge in [-0.2, -0.15) is 0 Å². The van der Waals surface area contributed by atoms with Crippen molar-refractivity contribution in [2.24, 2.45) is 0 Å². The molecule has 0 unspecified atom stereocenters. The Morgan fingerprint density at radius 3 is 2.41 bits per heavy atom. The Kier molecular flexibility index (Phi) is 2.42. The molecule has 0 aliphatic rings. The van der Waals surface area contributed by atoms with Crippen LogP contribution in [0.1, 0.15) is 5.56 Å². The number of rotatable bonds is 2. The number of furan rings is 1. The van der Waals surface area contributed by atoms with Gasteiger partial charge in [0.2, 0.25) is 0 Å². The first-order chi connectivity index (χ1) is 8.36. The van der Waals surface area contributed by atoms with Crippen molar-refractivity contribution in [1.82, 2.24) is 0 Å². The summed E-state index contributed by atoms with van der Waals surface area (Å²) in [5, 5.41) is 10.1. The number of aliphatic hydroxyl groups is 1. The molecule has 1 N–H and O–H groups in total. The lowest BCUT2D eigenvalue weighted by Gasteiger charge is -2.03. The van der Waals surface area contributed by atoms with E-state index < -0.39 is 0 Å². The average molecular weight is 224 g/mol. The van der Waals surface area contributed by atoms with E-state index in [1.54, 1.807) is 6.26 Å². The second-order valence-electron chi connectivity index (χ2n) is 4.03. The molecular weight excluding hydrogens is 212 g/mol. The number of hydrogen-bond donors (Lipinski definition) is 1. The van der Waals surface area contributed by atoms with Crippen molar-refractivity contribution in [3.63, 3.8) is 0 Å². The molecule has 0 saturated carbocycles. The van der Waals surface area contributed by atoms with E-state index in [9.17, 15) is 0 Å². The van der Waals surface area contributed by atoms with Crippen LogP contribution in [0.15, 0.2) is 59.2 Å². The molecule has 2 heteroatoms. The fourth-order valence-electron chi connectivity index (χ4n) is 1.95. The summed E-state index contributed by atoms with van der Waals surface area (Å²) in [4.78, 5) is 0. The normalized spacial score (nSPS) is 10.9. The lowest BCUT2D eigenvalue weighted by Crippen LogP contribution is -1.83. The van der Waals surface area contributed by atoms with E-state index in [2.05, 4.69) is 6.07 Å². The minimum absolute atomic E-state index is 0.0844. The van der Waals surface area contributed by atoms with Crippen molar-refractivity contribution in [1.29, 1.82) is 0 Å². The van der Waals surface area contributed by atoms with Crippen LogP contribution in [-0.4, -0.2) is 5.11 Å². The van der Waals surface area contributed by atoms with Gasteiger partial charge < -0.3 is 9.52 Å². The first-order valence-electron chi connectivity index (χ1n) is 5.54. The van der Waals surface area contributed by atoms with Gasteiger partial charge in [-0.1, -0.05) is 30.3 Å². The molecule has 1 heterocycles. The Labute approximate surface area is 99.1 Å². The van der Waals surface area contributed by atoms with Crippen LogP contribution < -0.4 is 0 Å². The highest BCUT2D eigenvalue weighted by molar-refractivity contribution is 5.83. The van der Waals surface area contributed by atoms with Gasteiger partial charge in [0.15, 0.2) is 0 Å². The third kappa shape index (κ3) is 1.83. The molecule has 0 atom stereocenters. The summed E-state index contributed by atoms with van der Waals surface area (Å²) in [5.74, 6) is 0. The molecule has 0 aliphatic heterocycles. The van der Waals surface area contributed by atoms with E-state index in [4.69, 9.17) is 9.52 Å². The van der Waals surface area contributed by atoms with E-state index in [0.29, 0.717) is 0 Å².